The van der Waals surface area contributed by atoms with Crippen LogP contribution in [0.1, 0.15) is 39.4 Å². The van der Waals surface area contributed by atoms with Gasteiger partial charge in [0.15, 0.2) is 0 Å². The average Bonchev–Trinajstić information content (AvgIpc) is 2.66. The summed E-state index contributed by atoms with van der Waals surface area (Å²) in [6.45, 7) is 0.547. The maximum Gasteiger partial charge on any atom is 0.312 e. The maximum absolute atomic E-state index is 13.0. The van der Waals surface area contributed by atoms with E-state index in [1.54, 1.807) is 23.1 Å². The summed E-state index contributed by atoms with van der Waals surface area (Å²) >= 11 is 0. The van der Waals surface area contributed by atoms with Gasteiger partial charge in [0.25, 0.3) is 5.91 Å². The van der Waals surface area contributed by atoms with Crippen LogP contribution in [0.2, 0.25) is 0 Å². The molecule has 2 aliphatic heterocycles. The first kappa shape index (κ1) is 16.3. The molecule has 1 atom stereocenters. The highest BCUT2D eigenvalue weighted by molar-refractivity contribution is 5.98. The average molecular weight is 350 g/mol. The smallest absolute Gasteiger partial charge is 0.312 e. The zero-order chi connectivity index (χ0) is 18.3. The fourth-order valence-electron chi connectivity index (χ4n) is 3.67. The van der Waals surface area contributed by atoms with Gasteiger partial charge in [-0.1, -0.05) is 24.3 Å². The fourth-order valence-corrected chi connectivity index (χ4v) is 3.67. The number of nitrogens with one attached hydrogen (secondary N) is 1. The third kappa shape index (κ3) is 2.83. The Morgan fingerprint density at radius 1 is 1.08 bits per heavy atom. The van der Waals surface area contributed by atoms with Crippen LogP contribution in [0.5, 0.6) is 0 Å². The summed E-state index contributed by atoms with van der Waals surface area (Å²) in [6, 6.07) is 12.6. The number of carbonyl (C=O) groups is 3. The third-order valence-corrected chi connectivity index (χ3v) is 5.03. The van der Waals surface area contributed by atoms with Crippen molar-refractivity contribution < 1.29 is 19.5 Å². The molecule has 6 heteroatoms. The lowest BCUT2D eigenvalue weighted by atomic mass is 9.89. The van der Waals surface area contributed by atoms with Gasteiger partial charge in [-0.3, -0.25) is 14.4 Å². The number of hydrogen-bond acceptors (Lipinski definition) is 3. The number of benzene rings is 2. The van der Waals surface area contributed by atoms with E-state index >= 15 is 0 Å². The number of rotatable bonds is 2. The molecule has 1 unspecified atom stereocenters. The van der Waals surface area contributed by atoms with Crippen molar-refractivity contribution in [3.63, 3.8) is 0 Å². The van der Waals surface area contributed by atoms with Gasteiger partial charge >= 0.3 is 5.97 Å². The van der Waals surface area contributed by atoms with E-state index in [9.17, 15) is 19.5 Å². The van der Waals surface area contributed by atoms with Crippen molar-refractivity contribution in [2.45, 2.75) is 25.3 Å². The van der Waals surface area contributed by atoms with E-state index in [4.69, 9.17) is 0 Å². The van der Waals surface area contributed by atoms with E-state index in [-0.39, 0.29) is 18.4 Å². The Morgan fingerprint density at radius 3 is 2.69 bits per heavy atom. The summed E-state index contributed by atoms with van der Waals surface area (Å²) in [4.78, 5) is 37.7. The molecule has 0 saturated heterocycles. The summed E-state index contributed by atoms with van der Waals surface area (Å²) in [6.07, 6.45) is 1.01. The van der Waals surface area contributed by atoms with Crippen LogP contribution in [0.25, 0.3) is 0 Å². The Hall–Kier alpha value is -3.15. The Morgan fingerprint density at radius 2 is 1.88 bits per heavy atom. The molecule has 0 spiro atoms. The van der Waals surface area contributed by atoms with Gasteiger partial charge in [0, 0.05) is 30.8 Å². The van der Waals surface area contributed by atoms with Crippen LogP contribution in [0.15, 0.2) is 42.5 Å². The second-order valence-electron chi connectivity index (χ2n) is 6.70. The van der Waals surface area contributed by atoms with Gasteiger partial charge in [0.05, 0.1) is 5.92 Å². The summed E-state index contributed by atoms with van der Waals surface area (Å²) in [5.74, 6) is -1.86. The Labute approximate surface area is 150 Å². The zero-order valence-electron chi connectivity index (χ0n) is 14.1. The van der Waals surface area contributed by atoms with Crippen molar-refractivity contribution >= 4 is 23.5 Å². The minimum atomic E-state index is -0.928. The summed E-state index contributed by atoms with van der Waals surface area (Å²) in [7, 11) is 0. The topological polar surface area (TPSA) is 86.7 Å². The van der Waals surface area contributed by atoms with E-state index in [1.807, 2.05) is 24.3 Å². The second-order valence-corrected chi connectivity index (χ2v) is 6.70. The number of carboxylic acid groups (broad SMARTS) is 1. The van der Waals surface area contributed by atoms with Crippen molar-refractivity contribution in [2.75, 3.05) is 11.9 Å². The molecule has 132 valence electrons. The first-order valence-corrected chi connectivity index (χ1v) is 8.55. The molecule has 0 saturated carbocycles. The molecule has 26 heavy (non-hydrogen) atoms. The van der Waals surface area contributed by atoms with Gasteiger partial charge < -0.3 is 15.3 Å². The van der Waals surface area contributed by atoms with Crippen molar-refractivity contribution in [3.05, 3.63) is 64.7 Å². The number of carbonyl (C=O) groups excluding carboxylic acids is 2. The molecule has 2 aliphatic rings. The van der Waals surface area contributed by atoms with Crippen LogP contribution in [-0.4, -0.2) is 34.3 Å². The van der Waals surface area contributed by atoms with Crippen LogP contribution in [0.4, 0.5) is 5.69 Å². The lowest BCUT2D eigenvalue weighted by Crippen LogP contribution is -2.40. The number of fused-ring (bicyclic) bond motifs is 2. The third-order valence-electron chi connectivity index (χ3n) is 5.03. The molecule has 0 radical (unpaired) electrons. The van der Waals surface area contributed by atoms with Crippen LogP contribution >= 0.6 is 0 Å². The molecular weight excluding hydrogens is 332 g/mol. The van der Waals surface area contributed by atoms with Gasteiger partial charge in [-0.15, -0.1) is 0 Å². The second kappa shape index (κ2) is 6.29. The lowest BCUT2D eigenvalue weighted by Gasteiger charge is -2.33. The number of aryl methyl sites for hydroxylation is 1. The molecule has 6 nitrogen and oxygen atoms in total. The monoisotopic (exact) mass is 350 g/mol. The Kier molecular flexibility index (Phi) is 3.95. The quantitative estimate of drug-likeness (QED) is 0.871. The van der Waals surface area contributed by atoms with E-state index in [2.05, 4.69) is 5.32 Å². The highest BCUT2D eigenvalue weighted by atomic mass is 16.4. The molecule has 2 aromatic rings. The lowest BCUT2D eigenvalue weighted by molar-refractivity contribution is -0.139. The molecule has 4 rings (SSSR count). The SMILES string of the molecule is O=C1CCc2cc(C(=O)N3Cc4ccccc4C(C(=O)O)C3)ccc2N1. The molecule has 2 N–H and O–H groups in total. The number of nitrogens with zero attached hydrogens (tertiary/aromatic N) is 1. The Bertz CT molecular complexity index is 922. The summed E-state index contributed by atoms with van der Waals surface area (Å²) < 4.78 is 0. The largest absolute Gasteiger partial charge is 0.481 e. The molecule has 0 aromatic heterocycles. The fraction of sp³-hybridized carbons (Fsp3) is 0.250. The van der Waals surface area contributed by atoms with Gasteiger partial charge in [0.2, 0.25) is 5.91 Å². The van der Waals surface area contributed by atoms with Crippen molar-refractivity contribution in [3.8, 4) is 0 Å². The number of hydrogen-bond donors (Lipinski definition) is 2. The minimum Gasteiger partial charge on any atom is -0.481 e. The standard InChI is InChI=1S/C20H18N2O4/c23-18-8-6-12-9-13(5-7-17(12)21-18)19(24)22-10-14-3-1-2-4-15(14)16(11-22)20(25)26/h1-5,7,9,16H,6,8,10-11H2,(H,21,23)(H,25,26). The molecule has 2 amide bonds. The van der Waals surface area contributed by atoms with E-state index in [1.165, 1.54) is 0 Å². The van der Waals surface area contributed by atoms with Crippen molar-refractivity contribution in [2.24, 2.45) is 0 Å². The van der Waals surface area contributed by atoms with Crippen molar-refractivity contribution in [1.29, 1.82) is 0 Å². The highest BCUT2D eigenvalue weighted by Gasteiger charge is 2.33. The number of aliphatic carboxylic acids is 1. The van der Waals surface area contributed by atoms with Crippen molar-refractivity contribution in [1.82, 2.24) is 4.90 Å². The maximum atomic E-state index is 13.0. The normalized spacial score (nSPS) is 18.5. The van der Waals surface area contributed by atoms with E-state index in [0.717, 1.165) is 22.4 Å². The first-order chi connectivity index (χ1) is 12.5. The highest BCUT2D eigenvalue weighted by Crippen LogP contribution is 2.30. The summed E-state index contributed by atoms with van der Waals surface area (Å²) in [5.41, 5.74) is 3.83. The van der Waals surface area contributed by atoms with Crippen LogP contribution in [0.3, 0.4) is 0 Å². The van der Waals surface area contributed by atoms with Crippen LogP contribution in [0, 0.1) is 0 Å². The van der Waals surface area contributed by atoms with Crippen LogP contribution in [-0.2, 0) is 22.6 Å². The molecule has 0 aliphatic carbocycles. The first-order valence-electron chi connectivity index (χ1n) is 8.55. The zero-order valence-corrected chi connectivity index (χ0v) is 14.1. The minimum absolute atomic E-state index is 0.0199. The van der Waals surface area contributed by atoms with E-state index < -0.39 is 11.9 Å². The summed E-state index contributed by atoms with van der Waals surface area (Å²) in [5, 5.41) is 12.4. The van der Waals surface area contributed by atoms with Gasteiger partial charge in [-0.2, -0.15) is 0 Å². The van der Waals surface area contributed by atoms with Gasteiger partial charge in [-0.25, -0.2) is 0 Å². The van der Waals surface area contributed by atoms with Crippen LogP contribution < -0.4 is 5.32 Å². The van der Waals surface area contributed by atoms with E-state index in [0.29, 0.717) is 24.9 Å². The number of carboxylic acids is 1. The predicted octanol–water partition coefficient (Wildman–Crippen LogP) is 2.40. The Balaban J connectivity index is 1.63. The molecule has 0 fully saturated rings. The van der Waals surface area contributed by atoms with Gasteiger partial charge in [0.1, 0.15) is 0 Å². The molecule has 0 bridgehead atoms. The molecular formula is C20H18N2O4. The predicted molar refractivity (Wildman–Crippen MR) is 95.0 cm³/mol. The number of amides is 2. The molecule has 2 heterocycles. The van der Waals surface area contributed by atoms with Gasteiger partial charge in [-0.05, 0) is 41.3 Å². The molecule has 2 aromatic carbocycles. The number of anilines is 1.